The van der Waals surface area contributed by atoms with Gasteiger partial charge >= 0.3 is 0 Å². The molecule has 0 bridgehead atoms. The number of aromatic nitrogens is 2. The number of rotatable bonds is 7. The molecule has 0 saturated heterocycles. The normalized spacial score (nSPS) is 10.6. The van der Waals surface area contributed by atoms with Crippen molar-refractivity contribution in [1.82, 2.24) is 9.97 Å². The molecular weight excluding hydrogens is 258 g/mol. The summed E-state index contributed by atoms with van der Waals surface area (Å²) in [5.41, 5.74) is 4.85. The fourth-order valence-corrected chi connectivity index (χ4v) is 2.48. The van der Waals surface area contributed by atoms with Gasteiger partial charge in [-0.3, -0.25) is 0 Å². The van der Waals surface area contributed by atoms with Crippen molar-refractivity contribution in [3.8, 4) is 11.3 Å². The number of anilines is 1. The van der Waals surface area contributed by atoms with Crippen molar-refractivity contribution in [2.75, 3.05) is 11.9 Å². The van der Waals surface area contributed by atoms with Crippen LogP contribution >= 0.6 is 0 Å². The molecule has 0 fully saturated rings. The van der Waals surface area contributed by atoms with Crippen molar-refractivity contribution >= 4 is 5.82 Å². The number of nitrogens with one attached hydrogen (secondary N) is 1. The number of hydrogen-bond acceptors (Lipinski definition) is 3. The van der Waals surface area contributed by atoms with E-state index in [0.717, 1.165) is 43.7 Å². The number of aryl methyl sites for hydroxylation is 1. The van der Waals surface area contributed by atoms with Gasteiger partial charge in [0, 0.05) is 17.7 Å². The Bertz CT molecular complexity index is 578. The van der Waals surface area contributed by atoms with Crippen LogP contribution < -0.4 is 5.32 Å². The van der Waals surface area contributed by atoms with Gasteiger partial charge in [-0.25, -0.2) is 9.97 Å². The first-order valence-electron chi connectivity index (χ1n) is 7.97. The molecule has 1 aromatic carbocycles. The Morgan fingerprint density at radius 1 is 1.05 bits per heavy atom. The SMILES string of the molecule is CCCNc1ncnc(-c2cccc(CC)c2)c1CCC. The van der Waals surface area contributed by atoms with E-state index in [0.29, 0.717) is 0 Å². The molecule has 0 aliphatic rings. The molecule has 3 nitrogen and oxygen atoms in total. The van der Waals surface area contributed by atoms with E-state index in [1.54, 1.807) is 6.33 Å². The van der Waals surface area contributed by atoms with Gasteiger partial charge in [-0.1, -0.05) is 45.4 Å². The molecule has 1 aromatic heterocycles. The Hall–Kier alpha value is -1.90. The largest absolute Gasteiger partial charge is 0.370 e. The highest BCUT2D eigenvalue weighted by molar-refractivity contribution is 5.68. The summed E-state index contributed by atoms with van der Waals surface area (Å²) in [6.45, 7) is 7.49. The molecule has 0 saturated carbocycles. The number of nitrogens with zero attached hydrogens (tertiary/aromatic N) is 2. The van der Waals surface area contributed by atoms with Crippen LogP contribution in [0.5, 0.6) is 0 Å². The highest BCUT2D eigenvalue weighted by Crippen LogP contribution is 2.27. The molecule has 1 N–H and O–H groups in total. The Kier molecular flexibility index (Phi) is 5.73. The third-order valence-electron chi connectivity index (χ3n) is 3.60. The standard InChI is InChI=1S/C18H25N3/c1-4-8-16-17(15-10-7-9-14(6-3)12-15)20-13-21-18(16)19-11-5-2/h7,9-10,12-13H,4-6,8,11H2,1-3H3,(H,19,20,21). The second-order valence-corrected chi connectivity index (χ2v) is 5.28. The molecule has 0 unspecified atom stereocenters. The van der Waals surface area contributed by atoms with E-state index >= 15 is 0 Å². The second kappa shape index (κ2) is 7.77. The van der Waals surface area contributed by atoms with E-state index < -0.39 is 0 Å². The Balaban J connectivity index is 2.45. The van der Waals surface area contributed by atoms with Crippen molar-refractivity contribution in [1.29, 1.82) is 0 Å². The molecule has 2 rings (SSSR count). The quantitative estimate of drug-likeness (QED) is 0.814. The predicted octanol–water partition coefficient (Wildman–Crippen LogP) is 4.48. The van der Waals surface area contributed by atoms with Crippen LogP contribution in [0.4, 0.5) is 5.82 Å². The molecule has 0 aliphatic carbocycles. The first-order valence-corrected chi connectivity index (χ1v) is 7.97. The topological polar surface area (TPSA) is 37.8 Å². The lowest BCUT2D eigenvalue weighted by Gasteiger charge is -2.14. The third-order valence-corrected chi connectivity index (χ3v) is 3.60. The van der Waals surface area contributed by atoms with Crippen molar-refractivity contribution < 1.29 is 0 Å². The fraction of sp³-hybridized carbons (Fsp3) is 0.444. The monoisotopic (exact) mass is 283 g/mol. The van der Waals surface area contributed by atoms with E-state index in [1.165, 1.54) is 16.7 Å². The van der Waals surface area contributed by atoms with E-state index in [2.05, 4.69) is 60.3 Å². The lowest BCUT2D eigenvalue weighted by molar-refractivity contribution is 0.892. The average molecular weight is 283 g/mol. The Labute approximate surface area is 127 Å². The summed E-state index contributed by atoms with van der Waals surface area (Å²) < 4.78 is 0. The summed E-state index contributed by atoms with van der Waals surface area (Å²) in [4.78, 5) is 9.00. The van der Waals surface area contributed by atoms with Gasteiger partial charge in [0.15, 0.2) is 0 Å². The summed E-state index contributed by atoms with van der Waals surface area (Å²) in [6, 6.07) is 8.67. The zero-order valence-electron chi connectivity index (χ0n) is 13.3. The zero-order valence-corrected chi connectivity index (χ0v) is 13.3. The molecule has 0 amide bonds. The van der Waals surface area contributed by atoms with Crippen LogP contribution in [0.25, 0.3) is 11.3 Å². The summed E-state index contributed by atoms with van der Waals surface area (Å²) in [7, 11) is 0. The van der Waals surface area contributed by atoms with Gasteiger partial charge in [-0.05, 0) is 30.9 Å². The summed E-state index contributed by atoms with van der Waals surface area (Å²) in [5, 5.41) is 3.44. The van der Waals surface area contributed by atoms with Gasteiger partial charge in [-0.2, -0.15) is 0 Å². The van der Waals surface area contributed by atoms with E-state index in [-0.39, 0.29) is 0 Å². The highest BCUT2D eigenvalue weighted by Gasteiger charge is 2.12. The van der Waals surface area contributed by atoms with Gasteiger partial charge in [0.05, 0.1) is 5.69 Å². The summed E-state index contributed by atoms with van der Waals surface area (Å²) >= 11 is 0. The zero-order chi connectivity index (χ0) is 15.1. The lowest BCUT2D eigenvalue weighted by atomic mass is 10.0. The molecule has 0 spiro atoms. The summed E-state index contributed by atoms with van der Waals surface area (Å²) in [5.74, 6) is 0.991. The van der Waals surface area contributed by atoms with Gasteiger partial charge in [0.2, 0.25) is 0 Å². The number of benzene rings is 1. The van der Waals surface area contributed by atoms with Crippen molar-refractivity contribution in [3.63, 3.8) is 0 Å². The first kappa shape index (κ1) is 15.5. The van der Waals surface area contributed by atoms with Crippen molar-refractivity contribution in [3.05, 3.63) is 41.7 Å². The molecule has 1 heterocycles. The Morgan fingerprint density at radius 3 is 2.62 bits per heavy atom. The average Bonchev–Trinajstić information content (AvgIpc) is 2.54. The van der Waals surface area contributed by atoms with Crippen LogP contribution in [0.15, 0.2) is 30.6 Å². The first-order chi connectivity index (χ1) is 10.3. The molecular formula is C18H25N3. The van der Waals surface area contributed by atoms with Crippen molar-refractivity contribution in [2.24, 2.45) is 0 Å². The minimum absolute atomic E-state index is 0.947. The van der Waals surface area contributed by atoms with E-state index in [4.69, 9.17) is 0 Å². The molecule has 112 valence electrons. The number of hydrogen-bond donors (Lipinski definition) is 1. The van der Waals surface area contributed by atoms with Gasteiger partial charge in [-0.15, -0.1) is 0 Å². The highest BCUT2D eigenvalue weighted by atomic mass is 15.0. The smallest absolute Gasteiger partial charge is 0.133 e. The van der Waals surface area contributed by atoms with Gasteiger partial charge < -0.3 is 5.32 Å². The summed E-state index contributed by atoms with van der Waals surface area (Å²) in [6.07, 6.45) is 5.90. The molecule has 21 heavy (non-hydrogen) atoms. The lowest BCUT2D eigenvalue weighted by Crippen LogP contribution is -2.07. The van der Waals surface area contributed by atoms with Crippen LogP contribution in [0.1, 0.15) is 44.7 Å². The molecule has 2 aromatic rings. The maximum atomic E-state index is 4.56. The molecule has 0 radical (unpaired) electrons. The maximum absolute atomic E-state index is 4.56. The minimum Gasteiger partial charge on any atom is -0.370 e. The van der Waals surface area contributed by atoms with E-state index in [1.807, 2.05) is 0 Å². The minimum atomic E-state index is 0.947. The van der Waals surface area contributed by atoms with Gasteiger partial charge in [0.25, 0.3) is 0 Å². The van der Waals surface area contributed by atoms with Crippen LogP contribution in [0, 0.1) is 0 Å². The molecule has 0 aliphatic heterocycles. The maximum Gasteiger partial charge on any atom is 0.133 e. The molecule has 0 atom stereocenters. The van der Waals surface area contributed by atoms with E-state index in [9.17, 15) is 0 Å². The van der Waals surface area contributed by atoms with Gasteiger partial charge in [0.1, 0.15) is 12.1 Å². The third kappa shape index (κ3) is 3.81. The van der Waals surface area contributed by atoms with Crippen LogP contribution in [-0.4, -0.2) is 16.5 Å². The van der Waals surface area contributed by atoms with Crippen molar-refractivity contribution in [2.45, 2.75) is 46.5 Å². The second-order valence-electron chi connectivity index (χ2n) is 5.28. The molecule has 3 heteroatoms. The Morgan fingerprint density at radius 2 is 1.90 bits per heavy atom. The van der Waals surface area contributed by atoms with Crippen LogP contribution in [0.2, 0.25) is 0 Å². The fourth-order valence-electron chi connectivity index (χ4n) is 2.48. The van der Waals surface area contributed by atoms with Crippen LogP contribution in [-0.2, 0) is 12.8 Å². The van der Waals surface area contributed by atoms with Crippen LogP contribution in [0.3, 0.4) is 0 Å². The predicted molar refractivity (Wildman–Crippen MR) is 89.6 cm³/mol.